The van der Waals surface area contributed by atoms with Crippen LogP contribution in [0.5, 0.6) is 0 Å². The summed E-state index contributed by atoms with van der Waals surface area (Å²) < 4.78 is 6.04. The third-order valence-corrected chi connectivity index (χ3v) is 7.00. The van der Waals surface area contributed by atoms with Gasteiger partial charge in [0.2, 0.25) is 0 Å². The van der Waals surface area contributed by atoms with Crippen molar-refractivity contribution in [2.45, 2.75) is 70.3 Å². The standard InChI is InChI=1S/C18H31NO/c19-17(12-20-11-13-3-1-2-4-13)18-8-14-5-15(9-18)7-16(6-14)10-18/h13-17H,1-12,19H2. The predicted molar refractivity (Wildman–Crippen MR) is 81.4 cm³/mol. The normalized spacial score (nSPS) is 45.1. The van der Waals surface area contributed by atoms with Crippen LogP contribution in [0.25, 0.3) is 0 Å². The zero-order valence-corrected chi connectivity index (χ0v) is 12.9. The smallest absolute Gasteiger partial charge is 0.0623 e. The van der Waals surface area contributed by atoms with Gasteiger partial charge in [0.1, 0.15) is 0 Å². The molecule has 5 rings (SSSR count). The molecule has 0 spiro atoms. The van der Waals surface area contributed by atoms with Crippen LogP contribution < -0.4 is 5.73 Å². The molecular weight excluding hydrogens is 246 g/mol. The van der Waals surface area contributed by atoms with Gasteiger partial charge in [-0.25, -0.2) is 0 Å². The average molecular weight is 277 g/mol. The zero-order valence-electron chi connectivity index (χ0n) is 12.9. The second-order valence-electron chi connectivity index (χ2n) is 8.57. The van der Waals surface area contributed by atoms with E-state index in [1.165, 1.54) is 64.2 Å². The molecule has 5 saturated carbocycles. The van der Waals surface area contributed by atoms with Gasteiger partial charge in [0.05, 0.1) is 6.61 Å². The van der Waals surface area contributed by atoms with Gasteiger partial charge in [-0.2, -0.15) is 0 Å². The summed E-state index contributed by atoms with van der Waals surface area (Å²) in [6.07, 6.45) is 14.3. The van der Waals surface area contributed by atoms with Gasteiger partial charge in [0, 0.05) is 12.6 Å². The highest BCUT2D eigenvalue weighted by Crippen LogP contribution is 2.60. The number of ether oxygens (including phenoxy) is 1. The topological polar surface area (TPSA) is 35.2 Å². The summed E-state index contributed by atoms with van der Waals surface area (Å²) in [5, 5.41) is 0. The first-order chi connectivity index (χ1) is 9.73. The fraction of sp³-hybridized carbons (Fsp3) is 1.00. The van der Waals surface area contributed by atoms with Gasteiger partial charge < -0.3 is 10.5 Å². The second-order valence-corrected chi connectivity index (χ2v) is 8.57. The summed E-state index contributed by atoms with van der Waals surface area (Å²) in [6, 6.07) is 0.303. The van der Waals surface area contributed by atoms with Crippen molar-refractivity contribution in [2.75, 3.05) is 13.2 Å². The van der Waals surface area contributed by atoms with Crippen molar-refractivity contribution in [1.82, 2.24) is 0 Å². The van der Waals surface area contributed by atoms with E-state index in [0.29, 0.717) is 11.5 Å². The summed E-state index contributed by atoms with van der Waals surface area (Å²) in [4.78, 5) is 0. The van der Waals surface area contributed by atoms with E-state index in [0.717, 1.165) is 36.9 Å². The molecule has 1 atom stereocenters. The lowest BCUT2D eigenvalue weighted by atomic mass is 9.48. The van der Waals surface area contributed by atoms with Crippen molar-refractivity contribution >= 4 is 0 Å². The van der Waals surface area contributed by atoms with E-state index in [9.17, 15) is 0 Å². The fourth-order valence-electron chi connectivity index (χ4n) is 6.35. The van der Waals surface area contributed by atoms with Gasteiger partial charge >= 0.3 is 0 Å². The highest BCUT2D eigenvalue weighted by Gasteiger charge is 2.53. The summed E-state index contributed by atoms with van der Waals surface area (Å²) in [6.45, 7) is 1.79. The van der Waals surface area contributed by atoms with E-state index in [-0.39, 0.29) is 0 Å². The van der Waals surface area contributed by atoms with Gasteiger partial charge in [-0.3, -0.25) is 0 Å². The van der Waals surface area contributed by atoms with Crippen molar-refractivity contribution in [3.05, 3.63) is 0 Å². The fourth-order valence-corrected chi connectivity index (χ4v) is 6.35. The van der Waals surface area contributed by atoms with E-state index >= 15 is 0 Å². The Morgan fingerprint density at radius 1 is 0.950 bits per heavy atom. The Kier molecular flexibility index (Phi) is 3.58. The van der Waals surface area contributed by atoms with E-state index in [2.05, 4.69) is 0 Å². The molecule has 2 nitrogen and oxygen atoms in total. The summed E-state index contributed by atoms with van der Waals surface area (Å²) >= 11 is 0. The number of rotatable bonds is 5. The maximum Gasteiger partial charge on any atom is 0.0623 e. The van der Waals surface area contributed by atoms with E-state index in [4.69, 9.17) is 10.5 Å². The Balaban J connectivity index is 1.32. The second kappa shape index (κ2) is 5.28. The molecule has 0 aromatic carbocycles. The molecule has 2 heteroatoms. The number of nitrogens with two attached hydrogens (primary N) is 1. The molecular formula is C18H31NO. The molecule has 0 aliphatic heterocycles. The Bertz CT molecular complexity index is 312. The van der Waals surface area contributed by atoms with Crippen LogP contribution in [0.15, 0.2) is 0 Å². The monoisotopic (exact) mass is 277 g/mol. The van der Waals surface area contributed by atoms with Crippen LogP contribution in [-0.2, 0) is 4.74 Å². The lowest BCUT2D eigenvalue weighted by molar-refractivity contribution is -0.0821. The first kappa shape index (κ1) is 13.6. The van der Waals surface area contributed by atoms with Crippen molar-refractivity contribution in [2.24, 2.45) is 34.8 Å². The molecule has 0 saturated heterocycles. The third kappa shape index (κ3) is 2.43. The van der Waals surface area contributed by atoms with Gasteiger partial charge in [0.25, 0.3) is 0 Å². The Hall–Kier alpha value is -0.0800. The molecule has 0 aromatic heterocycles. The highest BCUT2D eigenvalue weighted by atomic mass is 16.5. The van der Waals surface area contributed by atoms with Crippen LogP contribution in [0.2, 0.25) is 0 Å². The Morgan fingerprint density at radius 2 is 1.50 bits per heavy atom. The number of hydrogen-bond acceptors (Lipinski definition) is 2. The molecule has 0 radical (unpaired) electrons. The van der Waals surface area contributed by atoms with Crippen molar-refractivity contribution in [1.29, 1.82) is 0 Å². The predicted octanol–water partition coefficient (Wildman–Crippen LogP) is 3.74. The highest BCUT2D eigenvalue weighted by molar-refractivity contribution is 5.05. The summed E-state index contributed by atoms with van der Waals surface area (Å²) in [5.41, 5.74) is 7.10. The van der Waals surface area contributed by atoms with Crippen LogP contribution >= 0.6 is 0 Å². The quantitative estimate of drug-likeness (QED) is 0.831. The minimum Gasteiger partial charge on any atom is -0.380 e. The molecule has 5 aliphatic carbocycles. The maximum absolute atomic E-state index is 6.63. The molecule has 2 N–H and O–H groups in total. The Morgan fingerprint density at radius 3 is 2.05 bits per heavy atom. The van der Waals surface area contributed by atoms with Crippen LogP contribution in [0.1, 0.15) is 64.2 Å². The molecule has 0 aromatic rings. The van der Waals surface area contributed by atoms with Crippen molar-refractivity contribution in [3.8, 4) is 0 Å². The van der Waals surface area contributed by atoms with E-state index in [1.54, 1.807) is 0 Å². The maximum atomic E-state index is 6.63. The summed E-state index contributed by atoms with van der Waals surface area (Å²) in [5.74, 6) is 3.84. The third-order valence-electron chi connectivity index (χ3n) is 7.00. The molecule has 5 fully saturated rings. The molecule has 1 unspecified atom stereocenters. The molecule has 20 heavy (non-hydrogen) atoms. The first-order valence-electron chi connectivity index (χ1n) is 9.07. The van der Waals surface area contributed by atoms with Crippen LogP contribution in [0.4, 0.5) is 0 Å². The SMILES string of the molecule is NC(COCC1CCCC1)C12CC3CC(CC(C3)C1)C2. The zero-order chi connectivity index (χ0) is 13.6. The van der Waals surface area contributed by atoms with Gasteiger partial charge in [-0.1, -0.05) is 12.8 Å². The largest absolute Gasteiger partial charge is 0.380 e. The van der Waals surface area contributed by atoms with E-state index in [1.807, 2.05) is 0 Å². The number of hydrogen-bond donors (Lipinski definition) is 1. The average Bonchev–Trinajstić information content (AvgIpc) is 2.90. The molecule has 0 heterocycles. The van der Waals surface area contributed by atoms with Crippen molar-refractivity contribution < 1.29 is 4.74 Å². The first-order valence-corrected chi connectivity index (χ1v) is 9.07. The lowest BCUT2D eigenvalue weighted by Crippen LogP contribution is -2.56. The van der Waals surface area contributed by atoms with Gasteiger partial charge in [-0.05, 0) is 80.5 Å². The van der Waals surface area contributed by atoms with Crippen LogP contribution in [0, 0.1) is 29.1 Å². The Labute approximate surface area is 123 Å². The minimum atomic E-state index is 0.303. The minimum absolute atomic E-state index is 0.303. The lowest BCUT2D eigenvalue weighted by Gasteiger charge is -2.58. The summed E-state index contributed by atoms with van der Waals surface area (Å²) in [7, 11) is 0. The van der Waals surface area contributed by atoms with Crippen LogP contribution in [0.3, 0.4) is 0 Å². The molecule has 114 valence electrons. The van der Waals surface area contributed by atoms with Gasteiger partial charge in [0.15, 0.2) is 0 Å². The molecule has 5 aliphatic rings. The molecule has 4 bridgehead atoms. The van der Waals surface area contributed by atoms with E-state index < -0.39 is 0 Å². The molecule has 0 amide bonds. The van der Waals surface area contributed by atoms with Gasteiger partial charge in [-0.15, -0.1) is 0 Å². The van der Waals surface area contributed by atoms with Crippen LogP contribution in [-0.4, -0.2) is 19.3 Å². The van der Waals surface area contributed by atoms with Crippen molar-refractivity contribution in [3.63, 3.8) is 0 Å².